The van der Waals surface area contributed by atoms with Gasteiger partial charge in [0.2, 0.25) is 17.0 Å². The van der Waals surface area contributed by atoms with Crippen LogP contribution in [0.3, 0.4) is 0 Å². The molecule has 1 aromatic heterocycles. The maximum Gasteiger partial charge on any atom is 0.248 e. The Kier molecular flexibility index (Phi) is 7.47. The largest absolute Gasteiger partial charge is 0.493 e. The molecule has 3 N–H and O–H groups in total. The van der Waals surface area contributed by atoms with Gasteiger partial charge in [-0.05, 0) is 52.5 Å². The number of primary amides is 1. The summed E-state index contributed by atoms with van der Waals surface area (Å²) in [6.45, 7) is 4.30. The van der Waals surface area contributed by atoms with Crippen molar-refractivity contribution in [1.82, 2.24) is 14.8 Å². The highest BCUT2D eigenvalue weighted by Gasteiger charge is 2.34. The Labute approximate surface area is 211 Å². The Balaban J connectivity index is 1.75. The summed E-state index contributed by atoms with van der Waals surface area (Å²) in [5.74, 6) is 2.03. The van der Waals surface area contributed by atoms with Gasteiger partial charge in [-0.3, -0.25) is 4.79 Å². The van der Waals surface area contributed by atoms with Crippen LogP contribution in [0.2, 0.25) is 0 Å². The normalized spacial score (nSPS) is 15.0. The van der Waals surface area contributed by atoms with Gasteiger partial charge in [0.15, 0.2) is 11.5 Å². The summed E-state index contributed by atoms with van der Waals surface area (Å²) in [6.07, 6.45) is 1.00. The number of thioether (sulfide) groups is 1. The lowest BCUT2D eigenvalue weighted by Crippen LogP contribution is -2.31. The van der Waals surface area contributed by atoms with Crippen LogP contribution >= 0.6 is 27.7 Å². The Hall–Kier alpha value is -2.98. The van der Waals surface area contributed by atoms with E-state index in [2.05, 4.69) is 38.3 Å². The van der Waals surface area contributed by atoms with Gasteiger partial charge in [0, 0.05) is 11.4 Å². The fraction of sp³-hybridized carbons (Fsp3) is 0.292. The van der Waals surface area contributed by atoms with E-state index in [1.807, 2.05) is 49.4 Å². The van der Waals surface area contributed by atoms with E-state index in [-0.39, 0.29) is 0 Å². The number of nitrogens with zero attached hydrogens (tertiary/aromatic N) is 3. The highest BCUT2D eigenvalue weighted by atomic mass is 79.9. The number of amides is 1. The molecule has 2 heterocycles. The monoisotopic (exact) mass is 543 g/mol. The lowest BCUT2D eigenvalue weighted by atomic mass is 9.95. The summed E-state index contributed by atoms with van der Waals surface area (Å²) in [6, 6.07) is 13.1. The summed E-state index contributed by atoms with van der Waals surface area (Å²) >= 11 is 5.20. The fourth-order valence-electron chi connectivity index (χ4n) is 3.78. The maximum atomic E-state index is 12.5. The molecule has 3 aromatic rings. The van der Waals surface area contributed by atoms with Crippen LogP contribution in [0.1, 0.15) is 37.4 Å². The molecule has 1 amide bonds. The first-order valence-electron chi connectivity index (χ1n) is 10.8. The van der Waals surface area contributed by atoms with Crippen molar-refractivity contribution in [3.8, 4) is 11.5 Å². The standard InChI is InChI=1S/C24H26BrN5O3S/c1-4-10-34-24-28-23-27-14(2)19(22(26)31)20(30(23)29-24)16-11-17(25)21(18(12-16)32-3)33-13-15-8-6-5-7-9-15/h5-9,11-12,20H,4,10,13H2,1-3H3,(H2,26,31)(H,27,28,29). The molecule has 0 saturated carbocycles. The molecule has 0 radical (unpaired) electrons. The molecule has 0 aliphatic carbocycles. The quantitative estimate of drug-likeness (QED) is 0.369. The predicted octanol–water partition coefficient (Wildman–Crippen LogP) is 4.90. The number of hydrogen-bond donors (Lipinski definition) is 2. The van der Waals surface area contributed by atoms with Gasteiger partial charge in [-0.25, -0.2) is 4.68 Å². The van der Waals surface area contributed by atoms with Crippen LogP contribution in [-0.2, 0) is 11.4 Å². The first-order valence-corrected chi connectivity index (χ1v) is 12.6. The fourth-order valence-corrected chi connectivity index (χ4v) is 5.04. The van der Waals surface area contributed by atoms with Crippen molar-refractivity contribution in [3.05, 3.63) is 69.3 Å². The van der Waals surface area contributed by atoms with Crippen molar-refractivity contribution < 1.29 is 14.3 Å². The predicted molar refractivity (Wildman–Crippen MR) is 136 cm³/mol. The SMILES string of the molecule is CCCSc1nc2n(n1)C(c1cc(Br)c(OCc3ccccc3)c(OC)c1)C(C(N)=O)=C(C)N2. The van der Waals surface area contributed by atoms with Crippen LogP contribution in [0.15, 0.2) is 63.4 Å². The van der Waals surface area contributed by atoms with Crippen molar-refractivity contribution >= 4 is 39.5 Å². The zero-order valence-electron chi connectivity index (χ0n) is 19.2. The number of aromatic nitrogens is 3. The van der Waals surface area contributed by atoms with Gasteiger partial charge in [-0.15, -0.1) is 5.10 Å². The number of carbonyl (C=O) groups is 1. The molecular formula is C24H26BrN5O3S. The Morgan fingerprint density at radius 2 is 2.06 bits per heavy atom. The Morgan fingerprint density at radius 1 is 1.29 bits per heavy atom. The van der Waals surface area contributed by atoms with Gasteiger partial charge in [-0.2, -0.15) is 4.98 Å². The van der Waals surface area contributed by atoms with Crippen molar-refractivity contribution in [2.75, 3.05) is 18.2 Å². The second-order valence-electron chi connectivity index (χ2n) is 7.75. The topological polar surface area (TPSA) is 104 Å². The van der Waals surface area contributed by atoms with E-state index < -0.39 is 11.9 Å². The third-order valence-electron chi connectivity index (χ3n) is 5.33. The molecule has 0 bridgehead atoms. The molecule has 0 spiro atoms. The molecule has 0 fully saturated rings. The van der Waals surface area contributed by atoms with E-state index >= 15 is 0 Å². The number of fused-ring (bicyclic) bond motifs is 1. The van der Waals surface area contributed by atoms with Gasteiger partial charge >= 0.3 is 0 Å². The lowest BCUT2D eigenvalue weighted by molar-refractivity contribution is -0.115. The lowest BCUT2D eigenvalue weighted by Gasteiger charge is -2.28. The van der Waals surface area contributed by atoms with Crippen molar-refractivity contribution in [1.29, 1.82) is 0 Å². The van der Waals surface area contributed by atoms with Crippen LogP contribution in [0, 0.1) is 0 Å². The average Bonchev–Trinajstić information content (AvgIpc) is 3.23. The minimum atomic E-state index is -0.564. The summed E-state index contributed by atoms with van der Waals surface area (Å²) in [4.78, 5) is 17.1. The van der Waals surface area contributed by atoms with Crippen LogP contribution in [0.25, 0.3) is 0 Å². The molecule has 1 unspecified atom stereocenters. The van der Waals surface area contributed by atoms with Crippen molar-refractivity contribution in [2.24, 2.45) is 5.73 Å². The zero-order valence-corrected chi connectivity index (χ0v) is 21.6. The third-order valence-corrected chi connectivity index (χ3v) is 6.96. The summed E-state index contributed by atoms with van der Waals surface area (Å²) in [7, 11) is 1.58. The maximum absolute atomic E-state index is 12.5. The van der Waals surface area contributed by atoms with Gasteiger partial charge in [-0.1, -0.05) is 49.0 Å². The number of nitrogens with one attached hydrogen (secondary N) is 1. The molecule has 8 nitrogen and oxygen atoms in total. The molecule has 1 atom stereocenters. The van der Waals surface area contributed by atoms with E-state index in [1.54, 1.807) is 23.6 Å². The number of hydrogen-bond acceptors (Lipinski definition) is 7. The average molecular weight is 544 g/mol. The van der Waals surface area contributed by atoms with E-state index in [0.29, 0.717) is 45.0 Å². The Bertz CT molecular complexity index is 1230. The van der Waals surface area contributed by atoms with Crippen molar-refractivity contribution in [2.45, 2.75) is 38.1 Å². The smallest absolute Gasteiger partial charge is 0.248 e. The Morgan fingerprint density at radius 3 is 2.74 bits per heavy atom. The minimum absolute atomic E-state index is 0.388. The first-order chi connectivity index (χ1) is 16.4. The minimum Gasteiger partial charge on any atom is -0.493 e. The number of benzene rings is 2. The van der Waals surface area contributed by atoms with E-state index in [0.717, 1.165) is 23.3 Å². The molecule has 10 heteroatoms. The van der Waals surface area contributed by atoms with Gasteiger partial charge in [0.25, 0.3) is 0 Å². The number of allylic oxidation sites excluding steroid dienone is 1. The van der Waals surface area contributed by atoms with Gasteiger partial charge in [0.1, 0.15) is 12.6 Å². The van der Waals surface area contributed by atoms with E-state index in [9.17, 15) is 4.79 Å². The number of rotatable bonds is 9. The number of ether oxygens (including phenoxy) is 2. The van der Waals surface area contributed by atoms with Crippen molar-refractivity contribution in [3.63, 3.8) is 0 Å². The number of carbonyl (C=O) groups excluding carboxylic acids is 1. The molecule has 1 aliphatic heterocycles. The van der Waals surface area contributed by atoms with E-state index in [4.69, 9.17) is 15.2 Å². The molecule has 2 aromatic carbocycles. The van der Waals surface area contributed by atoms with Crippen LogP contribution in [0.4, 0.5) is 5.95 Å². The molecule has 34 heavy (non-hydrogen) atoms. The van der Waals surface area contributed by atoms with Crippen LogP contribution in [-0.4, -0.2) is 33.5 Å². The summed E-state index contributed by atoms with van der Waals surface area (Å²) < 4.78 is 14.1. The van der Waals surface area contributed by atoms with Gasteiger partial charge in [0.05, 0.1) is 17.2 Å². The molecule has 1 aliphatic rings. The number of halogens is 1. The first kappa shape index (κ1) is 24.2. The zero-order chi connectivity index (χ0) is 24.2. The second kappa shape index (κ2) is 10.5. The van der Waals surface area contributed by atoms with Crippen LogP contribution < -0.4 is 20.5 Å². The van der Waals surface area contributed by atoms with Crippen LogP contribution in [0.5, 0.6) is 11.5 Å². The number of nitrogens with two attached hydrogens (primary N) is 1. The summed E-state index contributed by atoms with van der Waals surface area (Å²) in [5.41, 5.74) is 8.67. The van der Waals surface area contributed by atoms with E-state index in [1.165, 1.54) is 0 Å². The number of methoxy groups -OCH3 is 1. The third kappa shape index (κ3) is 4.92. The number of anilines is 1. The molecule has 0 saturated heterocycles. The molecular weight excluding hydrogens is 518 g/mol. The van der Waals surface area contributed by atoms with Gasteiger partial charge < -0.3 is 20.5 Å². The second-order valence-corrected chi connectivity index (χ2v) is 9.67. The highest BCUT2D eigenvalue weighted by Crippen LogP contribution is 2.43. The highest BCUT2D eigenvalue weighted by molar-refractivity contribution is 9.10. The molecule has 4 rings (SSSR count). The summed E-state index contributed by atoms with van der Waals surface area (Å²) in [5, 5.41) is 8.48. The molecule has 178 valence electrons.